The maximum atomic E-state index is 9.63. The van der Waals surface area contributed by atoms with Crippen LogP contribution in [-0.4, -0.2) is 30.3 Å². The molecule has 3 N–H and O–H groups in total. The number of benzene rings is 1. The number of nitrogens with one attached hydrogen (secondary N) is 2. The van der Waals surface area contributed by atoms with Gasteiger partial charge in [-0.3, -0.25) is 0 Å². The molecule has 15 heavy (non-hydrogen) atoms. The molecule has 0 spiro atoms. The summed E-state index contributed by atoms with van der Waals surface area (Å²) in [7, 11) is 0. The van der Waals surface area contributed by atoms with Gasteiger partial charge >= 0.3 is 0 Å². The van der Waals surface area contributed by atoms with Gasteiger partial charge in [-0.1, -0.05) is 32.0 Å². The first-order valence-electron chi connectivity index (χ1n) is 5.39. The molecule has 1 atom stereocenters. The Kier molecular flexibility index (Phi) is 5.15. The molecule has 1 aromatic rings. The van der Waals surface area contributed by atoms with Crippen LogP contribution in [0.15, 0.2) is 30.3 Å². The molecule has 1 aromatic carbocycles. The second-order valence-electron chi connectivity index (χ2n) is 3.96. The molecule has 3 heteroatoms. The lowest BCUT2D eigenvalue weighted by atomic mass is 10.3. The van der Waals surface area contributed by atoms with Crippen LogP contribution in [0.4, 0.5) is 5.69 Å². The molecule has 0 saturated carbocycles. The summed E-state index contributed by atoms with van der Waals surface area (Å²) in [4.78, 5) is 0. The first kappa shape index (κ1) is 12.0. The molecule has 0 aliphatic heterocycles. The van der Waals surface area contributed by atoms with Crippen molar-refractivity contribution in [1.29, 1.82) is 0 Å². The van der Waals surface area contributed by atoms with E-state index in [9.17, 15) is 5.11 Å². The van der Waals surface area contributed by atoms with Crippen LogP contribution < -0.4 is 10.6 Å². The number of rotatable bonds is 6. The second-order valence-corrected chi connectivity index (χ2v) is 3.96. The molecule has 1 unspecified atom stereocenters. The van der Waals surface area contributed by atoms with E-state index in [1.165, 1.54) is 0 Å². The molecule has 0 aromatic heterocycles. The summed E-state index contributed by atoms with van der Waals surface area (Å²) in [5.74, 6) is 0. The van der Waals surface area contributed by atoms with Gasteiger partial charge in [0.1, 0.15) is 0 Å². The highest BCUT2D eigenvalue weighted by atomic mass is 16.3. The molecule has 3 nitrogen and oxygen atoms in total. The molecule has 0 bridgehead atoms. The summed E-state index contributed by atoms with van der Waals surface area (Å²) in [6, 6.07) is 10.3. The van der Waals surface area contributed by atoms with Gasteiger partial charge in [0.15, 0.2) is 0 Å². The summed E-state index contributed by atoms with van der Waals surface area (Å²) in [6.07, 6.45) is -0.354. The Morgan fingerprint density at radius 2 is 1.80 bits per heavy atom. The number of aliphatic hydroxyl groups excluding tert-OH is 1. The van der Waals surface area contributed by atoms with Crippen molar-refractivity contribution in [3.63, 3.8) is 0 Å². The van der Waals surface area contributed by atoms with Crippen LogP contribution in [0.3, 0.4) is 0 Å². The number of para-hydroxylation sites is 1. The zero-order valence-electron chi connectivity index (χ0n) is 9.40. The van der Waals surface area contributed by atoms with Gasteiger partial charge in [0, 0.05) is 24.8 Å². The van der Waals surface area contributed by atoms with Crippen LogP contribution in [0.25, 0.3) is 0 Å². The molecule has 0 aliphatic rings. The minimum absolute atomic E-state index is 0.354. The smallest absolute Gasteiger partial charge is 0.0836 e. The van der Waals surface area contributed by atoms with E-state index in [0.29, 0.717) is 19.1 Å². The SMILES string of the molecule is CC(C)NCC(O)CNc1ccccc1. The van der Waals surface area contributed by atoms with E-state index in [1.807, 2.05) is 30.3 Å². The third kappa shape index (κ3) is 5.40. The summed E-state index contributed by atoms with van der Waals surface area (Å²) < 4.78 is 0. The van der Waals surface area contributed by atoms with Crippen molar-refractivity contribution in [3.05, 3.63) is 30.3 Å². The maximum absolute atomic E-state index is 9.63. The largest absolute Gasteiger partial charge is 0.390 e. The number of hydrogen-bond donors (Lipinski definition) is 3. The molecule has 1 rings (SSSR count). The predicted octanol–water partition coefficient (Wildman–Crippen LogP) is 1.46. The molecular formula is C12H20N2O. The molecule has 0 fully saturated rings. The molecule has 0 amide bonds. The standard InChI is InChI=1S/C12H20N2O/c1-10(2)13-8-12(15)9-14-11-6-4-3-5-7-11/h3-7,10,12-15H,8-9H2,1-2H3. The predicted molar refractivity (Wildman–Crippen MR) is 64.1 cm³/mol. The molecule has 0 heterocycles. The fourth-order valence-corrected chi connectivity index (χ4v) is 1.24. The fourth-order valence-electron chi connectivity index (χ4n) is 1.24. The Balaban J connectivity index is 2.19. The van der Waals surface area contributed by atoms with Crippen molar-refractivity contribution < 1.29 is 5.11 Å². The molecule has 84 valence electrons. The van der Waals surface area contributed by atoms with Crippen LogP contribution in [0.5, 0.6) is 0 Å². The minimum atomic E-state index is -0.354. The van der Waals surface area contributed by atoms with Gasteiger partial charge in [-0.25, -0.2) is 0 Å². The highest BCUT2D eigenvalue weighted by Crippen LogP contribution is 2.04. The Labute approximate surface area is 91.5 Å². The molecule has 0 radical (unpaired) electrons. The van der Waals surface area contributed by atoms with E-state index in [1.54, 1.807) is 0 Å². The van der Waals surface area contributed by atoms with E-state index in [0.717, 1.165) is 5.69 Å². The van der Waals surface area contributed by atoms with Crippen molar-refractivity contribution in [3.8, 4) is 0 Å². The lowest BCUT2D eigenvalue weighted by Crippen LogP contribution is -2.35. The first-order chi connectivity index (χ1) is 7.18. The normalized spacial score (nSPS) is 12.8. The van der Waals surface area contributed by atoms with Gasteiger partial charge in [0.2, 0.25) is 0 Å². The maximum Gasteiger partial charge on any atom is 0.0836 e. The van der Waals surface area contributed by atoms with Gasteiger partial charge in [-0.05, 0) is 12.1 Å². The van der Waals surface area contributed by atoms with Crippen molar-refractivity contribution in [1.82, 2.24) is 5.32 Å². The highest BCUT2D eigenvalue weighted by Gasteiger charge is 2.03. The van der Waals surface area contributed by atoms with Crippen LogP contribution in [0.1, 0.15) is 13.8 Å². The second kappa shape index (κ2) is 6.43. The zero-order valence-corrected chi connectivity index (χ0v) is 9.40. The summed E-state index contributed by atoms with van der Waals surface area (Å²) in [5, 5.41) is 16.0. The number of anilines is 1. The van der Waals surface area contributed by atoms with Crippen LogP contribution in [-0.2, 0) is 0 Å². The van der Waals surface area contributed by atoms with E-state index in [4.69, 9.17) is 0 Å². The van der Waals surface area contributed by atoms with Gasteiger partial charge in [-0.15, -0.1) is 0 Å². The third-order valence-electron chi connectivity index (χ3n) is 2.08. The van der Waals surface area contributed by atoms with Crippen molar-refractivity contribution in [2.24, 2.45) is 0 Å². The van der Waals surface area contributed by atoms with Gasteiger partial charge in [0.25, 0.3) is 0 Å². The summed E-state index contributed by atoms with van der Waals surface area (Å²) >= 11 is 0. The van der Waals surface area contributed by atoms with E-state index in [2.05, 4.69) is 24.5 Å². The van der Waals surface area contributed by atoms with Crippen molar-refractivity contribution in [2.75, 3.05) is 18.4 Å². The number of hydrogen-bond acceptors (Lipinski definition) is 3. The highest BCUT2D eigenvalue weighted by molar-refractivity contribution is 5.42. The Morgan fingerprint density at radius 1 is 1.13 bits per heavy atom. The van der Waals surface area contributed by atoms with Gasteiger partial charge in [0.05, 0.1) is 6.10 Å². The van der Waals surface area contributed by atoms with Gasteiger partial charge in [-0.2, -0.15) is 0 Å². The zero-order chi connectivity index (χ0) is 11.1. The van der Waals surface area contributed by atoms with Crippen LogP contribution >= 0.6 is 0 Å². The van der Waals surface area contributed by atoms with E-state index in [-0.39, 0.29) is 6.10 Å². The summed E-state index contributed by atoms with van der Waals surface area (Å²) in [5.41, 5.74) is 1.04. The topological polar surface area (TPSA) is 44.3 Å². The van der Waals surface area contributed by atoms with Gasteiger partial charge < -0.3 is 15.7 Å². The van der Waals surface area contributed by atoms with Crippen LogP contribution in [0, 0.1) is 0 Å². The molecule has 0 aliphatic carbocycles. The van der Waals surface area contributed by atoms with E-state index >= 15 is 0 Å². The van der Waals surface area contributed by atoms with Crippen molar-refractivity contribution >= 4 is 5.69 Å². The summed E-state index contributed by atoms with van der Waals surface area (Å²) in [6.45, 7) is 5.33. The molecule has 0 saturated heterocycles. The minimum Gasteiger partial charge on any atom is -0.390 e. The van der Waals surface area contributed by atoms with Crippen LogP contribution in [0.2, 0.25) is 0 Å². The Morgan fingerprint density at radius 3 is 2.40 bits per heavy atom. The lowest BCUT2D eigenvalue weighted by Gasteiger charge is -2.15. The average Bonchev–Trinajstić information content (AvgIpc) is 2.25. The Hall–Kier alpha value is -1.06. The molecular weight excluding hydrogens is 188 g/mol. The quantitative estimate of drug-likeness (QED) is 0.663. The first-order valence-corrected chi connectivity index (χ1v) is 5.39. The number of aliphatic hydroxyl groups is 1. The van der Waals surface area contributed by atoms with Crippen molar-refractivity contribution in [2.45, 2.75) is 26.0 Å². The Bertz CT molecular complexity index is 262. The lowest BCUT2D eigenvalue weighted by molar-refractivity contribution is 0.181. The monoisotopic (exact) mass is 208 g/mol. The van der Waals surface area contributed by atoms with E-state index < -0.39 is 0 Å². The average molecular weight is 208 g/mol. The fraction of sp³-hybridized carbons (Fsp3) is 0.500. The third-order valence-corrected chi connectivity index (χ3v) is 2.08.